The van der Waals surface area contributed by atoms with E-state index in [1.54, 1.807) is 18.5 Å². The molecule has 3 aromatic rings. The van der Waals surface area contributed by atoms with E-state index in [1.807, 2.05) is 0 Å². The Labute approximate surface area is 153 Å². The average molecular weight is 370 g/mol. The molecule has 3 heterocycles. The van der Waals surface area contributed by atoms with Crippen molar-refractivity contribution in [1.82, 2.24) is 25.1 Å². The Hall–Kier alpha value is -3.23. The maximum absolute atomic E-state index is 14.2. The van der Waals surface area contributed by atoms with E-state index in [0.29, 0.717) is 17.2 Å². The molecule has 0 unspecified atom stereocenters. The fourth-order valence-corrected chi connectivity index (χ4v) is 3.26. The summed E-state index contributed by atoms with van der Waals surface area (Å²) in [5, 5.41) is 19.7. The van der Waals surface area contributed by atoms with Crippen molar-refractivity contribution in [3.63, 3.8) is 0 Å². The van der Waals surface area contributed by atoms with Gasteiger partial charge in [-0.25, -0.2) is 18.7 Å². The molecule has 3 aromatic heterocycles. The van der Waals surface area contributed by atoms with Crippen molar-refractivity contribution in [1.29, 1.82) is 0 Å². The molecule has 0 aliphatic heterocycles. The summed E-state index contributed by atoms with van der Waals surface area (Å²) in [6, 6.07) is 5.87. The van der Waals surface area contributed by atoms with Crippen LogP contribution in [0.2, 0.25) is 0 Å². The zero-order valence-electron chi connectivity index (χ0n) is 14.2. The topological polar surface area (TPSA) is 96.7 Å². The van der Waals surface area contributed by atoms with E-state index in [-0.39, 0.29) is 31.0 Å². The van der Waals surface area contributed by atoms with Crippen molar-refractivity contribution in [2.45, 2.75) is 24.4 Å². The van der Waals surface area contributed by atoms with Crippen LogP contribution in [0.5, 0.6) is 5.88 Å². The highest BCUT2D eigenvalue weighted by Gasteiger charge is 2.48. The number of pyridine rings is 1. The SMILES string of the molecule is Oc1ccc(-c2cnc(NC[C@]3(c4ncccc4F)C[C@H](F)C3)nc2)nn1. The Bertz CT molecular complexity index is 929. The van der Waals surface area contributed by atoms with E-state index >= 15 is 0 Å². The lowest BCUT2D eigenvalue weighted by molar-refractivity contribution is 0.0963. The lowest BCUT2D eigenvalue weighted by Crippen LogP contribution is -2.49. The van der Waals surface area contributed by atoms with Gasteiger partial charge in [0, 0.05) is 42.2 Å². The first-order chi connectivity index (χ1) is 13.1. The lowest BCUT2D eigenvalue weighted by atomic mass is 9.65. The summed E-state index contributed by atoms with van der Waals surface area (Å²) in [6.45, 7) is 0.277. The molecule has 0 bridgehead atoms. The predicted molar refractivity (Wildman–Crippen MR) is 93.2 cm³/mol. The molecule has 1 fully saturated rings. The quantitative estimate of drug-likeness (QED) is 0.713. The van der Waals surface area contributed by atoms with Gasteiger partial charge in [-0.2, -0.15) is 0 Å². The van der Waals surface area contributed by atoms with Gasteiger partial charge >= 0.3 is 0 Å². The number of nitrogens with zero attached hydrogens (tertiary/aromatic N) is 5. The summed E-state index contributed by atoms with van der Waals surface area (Å²) in [6.07, 6.45) is 4.07. The lowest BCUT2D eigenvalue weighted by Gasteiger charge is -2.43. The molecule has 0 saturated heterocycles. The first kappa shape index (κ1) is 17.2. The zero-order valence-corrected chi connectivity index (χ0v) is 14.2. The maximum Gasteiger partial charge on any atom is 0.230 e. The Morgan fingerprint density at radius 2 is 1.89 bits per heavy atom. The minimum absolute atomic E-state index is 0.170. The molecule has 9 heteroatoms. The molecular formula is C18H16F2N6O. The summed E-state index contributed by atoms with van der Waals surface area (Å²) in [5.41, 5.74) is 0.703. The second-order valence-electron chi connectivity index (χ2n) is 6.55. The van der Waals surface area contributed by atoms with E-state index in [4.69, 9.17) is 0 Å². The van der Waals surface area contributed by atoms with Gasteiger partial charge in [0.2, 0.25) is 11.8 Å². The van der Waals surface area contributed by atoms with Crippen molar-refractivity contribution in [2.24, 2.45) is 0 Å². The number of aromatic nitrogens is 5. The molecular weight excluding hydrogens is 354 g/mol. The molecule has 0 spiro atoms. The first-order valence-corrected chi connectivity index (χ1v) is 8.40. The number of aromatic hydroxyl groups is 1. The molecule has 0 amide bonds. The second kappa shape index (κ2) is 6.82. The van der Waals surface area contributed by atoms with Crippen LogP contribution in [0, 0.1) is 5.82 Å². The number of hydrogen-bond donors (Lipinski definition) is 2. The molecule has 0 radical (unpaired) electrons. The Kier molecular flexibility index (Phi) is 4.35. The van der Waals surface area contributed by atoms with Crippen LogP contribution in [-0.4, -0.2) is 43.0 Å². The van der Waals surface area contributed by atoms with Crippen LogP contribution >= 0.6 is 0 Å². The van der Waals surface area contributed by atoms with Crippen LogP contribution in [0.3, 0.4) is 0 Å². The van der Waals surface area contributed by atoms with Gasteiger partial charge in [0.25, 0.3) is 0 Å². The summed E-state index contributed by atoms with van der Waals surface area (Å²) in [7, 11) is 0. The third-order valence-electron chi connectivity index (χ3n) is 4.67. The monoisotopic (exact) mass is 370 g/mol. The summed E-state index contributed by atoms with van der Waals surface area (Å²) in [4.78, 5) is 12.5. The fourth-order valence-electron chi connectivity index (χ4n) is 3.26. The van der Waals surface area contributed by atoms with Gasteiger partial charge in [0.15, 0.2) is 0 Å². The van der Waals surface area contributed by atoms with Gasteiger partial charge in [-0.1, -0.05) is 0 Å². The van der Waals surface area contributed by atoms with Gasteiger partial charge in [-0.15, -0.1) is 10.2 Å². The van der Waals surface area contributed by atoms with E-state index in [2.05, 4.69) is 30.5 Å². The minimum atomic E-state index is -0.968. The number of alkyl halides is 1. The third-order valence-corrected chi connectivity index (χ3v) is 4.67. The maximum atomic E-state index is 14.2. The van der Waals surface area contributed by atoms with Crippen molar-refractivity contribution in [2.75, 3.05) is 11.9 Å². The largest absolute Gasteiger partial charge is 0.492 e. The number of anilines is 1. The molecule has 2 N–H and O–H groups in total. The van der Waals surface area contributed by atoms with Crippen LogP contribution in [-0.2, 0) is 5.41 Å². The van der Waals surface area contributed by atoms with Crippen LogP contribution in [0.15, 0.2) is 42.9 Å². The van der Waals surface area contributed by atoms with E-state index < -0.39 is 17.4 Å². The van der Waals surface area contributed by atoms with Gasteiger partial charge in [-0.05, 0) is 31.0 Å². The summed E-state index contributed by atoms with van der Waals surface area (Å²) < 4.78 is 27.7. The zero-order chi connectivity index (χ0) is 18.9. The van der Waals surface area contributed by atoms with Crippen molar-refractivity contribution < 1.29 is 13.9 Å². The minimum Gasteiger partial charge on any atom is -0.492 e. The Morgan fingerprint density at radius 3 is 2.52 bits per heavy atom. The summed E-state index contributed by atoms with van der Waals surface area (Å²) >= 11 is 0. The predicted octanol–water partition coefficient (Wildman–Crippen LogP) is 2.66. The average Bonchev–Trinajstić information content (AvgIpc) is 2.66. The normalized spacial score (nSPS) is 21.5. The van der Waals surface area contributed by atoms with Crippen LogP contribution < -0.4 is 5.32 Å². The molecule has 0 aromatic carbocycles. The molecule has 7 nitrogen and oxygen atoms in total. The fraction of sp³-hybridized carbons (Fsp3) is 0.278. The highest BCUT2D eigenvalue weighted by atomic mass is 19.1. The third kappa shape index (κ3) is 3.40. The van der Waals surface area contributed by atoms with Crippen LogP contribution in [0.4, 0.5) is 14.7 Å². The smallest absolute Gasteiger partial charge is 0.230 e. The molecule has 4 rings (SSSR count). The summed E-state index contributed by atoms with van der Waals surface area (Å²) in [5.74, 6) is -0.270. The van der Waals surface area contributed by atoms with Crippen molar-refractivity contribution in [3.05, 3.63) is 54.4 Å². The Morgan fingerprint density at radius 1 is 1.11 bits per heavy atom. The first-order valence-electron chi connectivity index (χ1n) is 8.40. The Balaban J connectivity index is 1.49. The number of rotatable bonds is 5. The van der Waals surface area contributed by atoms with Crippen LogP contribution in [0.1, 0.15) is 18.5 Å². The van der Waals surface area contributed by atoms with Gasteiger partial charge in [-0.3, -0.25) is 4.98 Å². The molecule has 27 heavy (non-hydrogen) atoms. The molecule has 1 saturated carbocycles. The number of halogens is 2. The second-order valence-corrected chi connectivity index (χ2v) is 6.55. The van der Waals surface area contributed by atoms with Gasteiger partial charge in [0.05, 0.1) is 11.4 Å². The highest BCUT2D eigenvalue weighted by molar-refractivity contribution is 5.56. The van der Waals surface area contributed by atoms with Gasteiger partial charge < -0.3 is 10.4 Å². The molecule has 0 atom stereocenters. The van der Waals surface area contributed by atoms with E-state index in [1.165, 1.54) is 24.4 Å². The molecule has 1 aliphatic rings. The number of hydrogen-bond acceptors (Lipinski definition) is 7. The van der Waals surface area contributed by atoms with Gasteiger partial charge in [0.1, 0.15) is 12.0 Å². The standard InChI is InChI=1S/C18H16F2N6O/c19-12-6-18(7-12,16-13(20)2-1-5-21-16)10-24-17-22-8-11(9-23-17)14-3-4-15(27)26-25-14/h1-5,8-9,12H,6-7,10H2,(H,26,27)(H,22,23,24)/t12-,18-. The van der Waals surface area contributed by atoms with E-state index in [9.17, 15) is 13.9 Å². The van der Waals surface area contributed by atoms with Crippen molar-refractivity contribution in [3.8, 4) is 17.1 Å². The number of nitrogens with one attached hydrogen (secondary N) is 1. The highest BCUT2D eigenvalue weighted by Crippen LogP contribution is 2.45. The molecule has 138 valence electrons. The van der Waals surface area contributed by atoms with Crippen molar-refractivity contribution >= 4 is 5.95 Å². The molecule has 1 aliphatic carbocycles. The van der Waals surface area contributed by atoms with Crippen LogP contribution in [0.25, 0.3) is 11.3 Å². The van der Waals surface area contributed by atoms with E-state index in [0.717, 1.165) is 0 Å².